The maximum Gasteiger partial charge on any atom is 0.230 e. The number of nitrogens with zero attached hydrogens (tertiary/aromatic N) is 4. The third kappa shape index (κ3) is 2.80. The van der Waals surface area contributed by atoms with E-state index in [-0.39, 0.29) is 10.6 Å². The van der Waals surface area contributed by atoms with E-state index in [0.717, 1.165) is 19.5 Å². The monoisotopic (exact) mass is 294 g/mol. The highest BCUT2D eigenvalue weighted by Crippen LogP contribution is 2.29. The van der Waals surface area contributed by atoms with Crippen molar-refractivity contribution in [2.24, 2.45) is 0 Å². The van der Waals surface area contributed by atoms with Gasteiger partial charge in [0.05, 0.1) is 0 Å². The lowest BCUT2D eigenvalue weighted by Gasteiger charge is -2.16. The first-order valence-corrected chi connectivity index (χ1v) is 6.85. The van der Waals surface area contributed by atoms with Crippen LogP contribution in [0.25, 0.3) is 0 Å². The second kappa shape index (κ2) is 5.31. The molecule has 4 nitrogen and oxygen atoms in total. The van der Waals surface area contributed by atoms with E-state index in [2.05, 4.69) is 44.1 Å². The Balaban J connectivity index is 1.79. The van der Waals surface area contributed by atoms with Crippen molar-refractivity contribution in [3.05, 3.63) is 46.5 Å². The summed E-state index contributed by atoms with van der Waals surface area (Å²) in [6, 6.07) is 10.5. The van der Waals surface area contributed by atoms with E-state index in [1.165, 1.54) is 5.56 Å². The van der Waals surface area contributed by atoms with E-state index in [9.17, 15) is 0 Å². The summed E-state index contributed by atoms with van der Waals surface area (Å²) in [6.07, 6.45) is 1.07. The van der Waals surface area contributed by atoms with Crippen LogP contribution in [0, 0.1) is 0 Å². The molecule has 0 N–H and O–H groups in total. The number of hydrogen-bond acceptors (Lipinski definition) is 4. The number of hydrogen-bond donors (Lipinski definition) is 0. The van der Waals surface area contributed by atoms with Crippen LogP contribution in [-0.2, 0) is 0 Å². The molecule has 1 fully saturated rings. The first-order chi connectivity index (χ1) is 9.22. The van der Waals surface area contributed by atoms with Crippen molar-refractivity contribution in [1.82, 2.24) is 15.0 Å². The Hall–Kier alpha value is -1.39. The molecule has 1 aromatic carbocycles. The fourth-order valence-electron chi connectivity index (χ4n) is 2.40. The van der Waals surface area contributed by atoms with Crippen LogP contribution in [0.2, 0.25) is 10.6 Å². The molecule has 0 bridgehead atoms. The minimum absolute atomic E-state index is 0.137. The van der Waals surface area contributed by atoms with Crippen LogP contribution in [0.4, 0.5) is 5.95 Å². The Morgan fingerprint density at radius 2 is 1.68 bits per heavy atom. The minimum Gasteiger partial charge on any atom is -0.340 e. The van der Waals surface area contributed by atoms with Gasteiger partial charge in [-0.2, -0.15) is 15.0 Å². The zero-order chi connectivity index (χ0) is 13.2. The second-order valence-corrected chi connectivity index (χ2v) is 5.19. The van der Waals surface area contributed by atoms with Gasteiger partial charge in [-0.3, -0.25) is 0 Å². The summed E-state index contributed by atoms with van der Waals surface area (Å²) in [6.45, 7) is 1.77. The predicted molar refractivity (Wildman–Crippen MR) is 75.9 cm³/mol. The maximum absolute atomic E-state index is 5.81. The molecule has 98 valence electrons. The Labute approximate surface area is 121 Å². The van der Waals surface area contributed by atoms with Gasteiger partial charge in [0, 0.05) is 19.0 Å². The van der Waals surface area contributed by atoms with Gasteiger partial charge in [-0.25, -0.2) is 0 Å². The molecule has 0 amide bonds. The van der Waals surface area contributed by atoms with Gasteiger partial charge in [0.25, 0.3) is 0 Å². The maximum atomic E-state index is 5.81. The molecule has 0 radical (unpaired) electrons. The molecule has 19 heavy (non-hydrogen) atoms. The average molecular weight is 295 g/mol. The van der Waals surface area contributed by atoms with Crippen LogP contribution < -0.4 is 4.90 Å². The zero-order valence-electron chi connectivity index (χ0n) is 10.1. The zero-order valence-corrected chi connectivity index (χ0v) is 11.6. The summed E-state index contributed by atoms with van der Waals surface area (Å²) in [5.74, 6) is 1.05. The Morgan fingerprint density at radius 3 is 2.37 bits per heavy atom. The molecule has 1 aliphatic heterocycles. The van der Waals surface area contributed by atoms with Crippen molar-refractivity contribution in [1.29, 1.82) is 0 Å². The fraction of sp³-hybridized carbons (Fsp3) is 0.308. The highest BCUT2D eigenvalue weighted by molar-refractivity contribution is 6.31. The quantitative estimate of drug-likeness (QED) is 0.853. The van der Waals surface area contributed by atoms with E-state index in [1.54, 1.807) is 0 Å². The smallest absolute Gasteiger partial charge is 0.230 e. The normalized spacial score (nSPS) is 18.8. The molecule has 6 heteroatoms. The van der Waals surface area contributed by atoms with E-state index >= 15 is 0 Å². The molecule has 0 spiro atoms. The number of benzene rings is 1. The van der Waals surface area contributed by atoms with Crippen molar-refractivity contribution < 1.29 is 0 Å². The lowest BCUT2D eigenvalue weighted by Crippen LogP contribution is -2.22. The van der Waals surface area contributed by atoms with Gasteiger partial charge in [-0.15, -0.1) is 0 Å². The number of anilines is 1. The standard InChI is InChI=1S/C13H12Cl2N4/c14-11-16-12(15)18-13(17-11)19-7-6-10(8-19)9-4-2-1-3-5-9/h1-5,10H,6-8H2. The second-order valence-electron chi connectivity index (χ2n) is 4.52. The lowest BCUT2D eigenvalue weighted by atomic mass is 9.99. The third-order valence-electron chi connectivity index (χ3n) is 3.31. The molecule has 1 aliphatic rings. The van der Waals surface area contributed by atoms with Crippen LogP contribution in [0.15, 0.2) is 30.3 Å². The number of rotatable bonds is 2. The van der Waals surface area contributed by atoms with Crippen molar-refractivity contribution in [3.63, 3.8) is 0 Å². The molecule has 1 unspecified atom stereocenters. The topological polar surface area (TPSA) is 41.9 Å². The third-order valence-corrected chi connectivity index (χ3v) is 3.65. The molecule has 1 saturated heterocycles. The van der Waals surface area contributed by atoms with Crippen molar-refractivity contribution in [3.8, 4) is 0 Å². The SMILES string of the molecule is Clc1nc(Cl)nc(N2CCC(c3ccccc3)C2)n1. The first-order valence-electron chi connectivity index (χ1n) is 6.09. The molecule has 2 heterocycles. The van der Waals surface area contributed by atoms with Gasteiger partial charge in [0.2, 0.25) is 16.5 Å². The molecule has 1 aromatic heterocycles. The molecular formula is C13H12Cl2N4. The Morgan fingerprint density at radius 1 is 1.00 bits per heavy atom. The summed E-state index contributed by atoms with van der Waals surface area (Å²) in [4.78, 5) is 14.1. The summed E-state index contributed by atoms with van der Waals surface area (Å²) in [7, 11) is 0. The predicted octanol–water partition coefficient (Wildman–Crippen LogP) is 3.17. The Bertz CT molecular complexity index is 556. The van der Waals surface area contributed by atoms with Gasteiger partial charge >= 0.3 is 0 Å². The summed E-state index contributed by atoms with van der Waals surface area (Å²) < 4.78 is 0. The van der Waals surface area contributed by atoms with E-state index < -0.39 is 0 Å². The lowest BCUT2D eigenvalue weighted by molar-refractivity contribution is 0.772. The van der Waals surface area contributed by atoms with Crippen LogP contribution >= 0.6 is 23.2 Å². The highest BCUT2D eigenvalue weighted by atomic mass is 35.5. The number of halogens is 2. The largest absolute Gasteiger partial charge is 0.340 e. The van der Waals surface area contributed by atoms with Crippen LogP contribution in [0.3, 0.4) is 0 Å². The van der Waals surface area contributed by atoms with Crippen LogP contribution in [0.1, 0.15) is 17.9 Å². The van der Waals surface area contributed by atoms with Crippen molar-refractivity contribution >= 4 is 29.2 Å². The van der Waals surface area contributed by atoms with Crippen molar-refractivity contribution in [2.45, 2.75) is 12.3 Å². The summed E-state index contributed by atoms with van der Waals surface area (Å²) in [5.41, 5.74) is 1.34. The molecule has 2 aromatic rings. The minimum atomic E-state index is 0.137. The first kappa shape index (κ1) is 12.6. The Kier molecular flexibility index (Phi) is 3.53. The average Bonchev–Trinajstić information content (AvgIpc) is 2.88. The van der Waals surface area contributed by atoms with E-state index in [1.807, 2.05) is 6.07 Å². The molecular weight excluding hydrogens is 283 g/mol. The van der Waals surface area contributed by atoms with Crippen molar-refractivity contribution in [2.75, 3.05) is 18.0 Å². The summed E-state index contributed by atoms with van der Waals surface area (Å²) >= 11 is 11.6. The molecule has 0 aliphatic carbocycles. The molecule has 0 saturated carbocycles. The van der Waals surface area contributed by atoms with Gasteiger partial charge in [0.1, 0.15) is 0 Å². The summed E-state index contributed by atoms with van der Waals surface area (Å²) in [5, 5.41) is 0.274. The van der Waals surface area contributed by atoms with Gasteiger partial charge in [0.15, 0.2) is 0 Å². The number of aromatic nitrogens is 3. The molecule has 1 atom stereocenters. The van der Waals surface area contributed by atoms with Crippen LogP contribution in [-0.4, -0.2) is 28.0 Å². The van der Waals surface area contributed by atoms with Gasteiger partial charge in [-0.1, -0.05) is 30.3 Å². The van der Waals surface area contributed by atoms with E-state index in [0.29, 0.717) is 11.9 Å². The molecule has 3 rings (SSSR count). The fourth-order valence-corrected chi connectivity index (χ4v) is 2.75. The van der Waals surface area contributed by atoms with Gasteiger partial charge < -0.3 is 4.90 Å². The highest BCUT2D eigenvalue weighted by Gasteiger charge is 2.26. The van der Waals surface area contributed by atoms with E-state index in [4.69, 9.17) is 23.2 Å². The van der Waals surface area contributed by atoms with Gasteiger partial charge in [-0.05, 0) is 35.2 Å². The van der Waals surface area contributed by atoms with Crippen LogP contribution in [0.5, 0.6) is 0 Å².